The molecular weight excluding hydrogens is 376 g/mol. The van der Waals surface area contributed by atoms with Crippen molar-refractivity contribution in [1.29, 1.82) is 0 Å². The smallest absolute Gasteiger partial charge is 0.238 e. The lowest BCUT2D eigenvalue weighted by atomic mass is 10.3. The van der Waals surface area contributed by atoms with E-state index in [1.807, 2.05) is 10.6 Å². The number of rotatable bonds is 7. The molecule has 2 rings (SSSR count). The lowest BCUT2D eigenvalue weighted by Crippen LogP contribution is -2.22. The summed E-state index contributed by atoms with van der Waals surface area (Å²) in [5.41, 5.74) is 1.38. The van der Waals surface area contributed by atoms with E-state index in [1.165, 1.54) is 0 Å². The third-order valence-electron chi connectivity index (χ3n) is 3.62. The van der Waals surface area contributed by atoms with Gasteiger partial charge in [0.2, 0.25) is 5.88 Å². The molecule has 2 heterocycles. The largest absolute Gasteiger partial charge is 0.479 e. The number of hydrogen-bond acceptors (Lipinski definition) is 4. The van der Waals surface area contributed by atoms with Gasteiger partial charge in [-0.2, -0.15) is 0 Å². The number of methoxy groups -OCH3 is 1. The lowest BCUT2D eigenvalue weighted by Gasteiger charge is -2.16. The van der Waals surface area contributed by atoms with E-state index in [9.17, 15) is 4.79 Å². The van der Waals surface area contributed by atoms with Crippen LogP contribution >= 0.6 is 15.9 Å². The Balaban J connectivity index is 2.37. The minimum Gasteiger partial charge on any atom is -0.479 e. The summed E-state index contributed by atoms with van der Waals surface area (Å²) in [6.45, 7) is 9.50. The Hall–Kier alpha value is -1.18. The van der Waals surface area contributed by atoms with Crippen LogP contribution in [0.25, 0.3) is 10.9 Å². The van der Waals surface area contributed by atoms with Crippen LogP contribution in [0, 0.1) is 0 Å². The average molecular weight is 399 g/mol. The van der Waals surface area contributed by atoms with Gasteiger partial charge in [-0.05, 0) is 28.0 Å². The van der Waals surface area contributed by atoms with Crippen LogP contribution in [0.3, 0.4) is 0 Å². The van der Waals surface area contributed by atoms with Gasteiger partial charge in [0.1, 0.15) is 12.2 Å². The maximum absolute atomic E-state index is 12.0. The topological polar surface area (TPSA) is 53.3 Å². The van der Waals surface area contributed by atoms with Crippen molar-refractivity contribution in [3.63, 3.8) is 0 Å². The van der Waals surface area contributed by atoms with Crippen LogP contribution in [-0.2, 0) is 11.5 Å². The summed E-state index contributed by atoms with van der Waals surface area (Å²) in [7, 11) is 0.435. The third kappa shape index (κ3) is 4.22. The molecule has 0 atom stereocenters. The highest BCUT2D eigenvalue weighted by atomic mass is 79.9. The molecule has 0 aliphatic carbocycles. The second-order valence-corrected chi connectivity index (χ2v) is 13.2. The summed E-state index contributed by atoms with van der Waals surface area (Å²) in [6.07, 6.45) is 1.68. The number of Topliss-reactive ketones (excluding diaryl/α,β-unsaturated/α-hetero) is 1. The Labute approximate surface area is 146 Å². The highest BCUT2D eigenvalue weighted by Crippen LogP contribution is 2.32. The Morgan fingerprint density at radius 1 is 1.39 bits per heavy atom. The number of ether oxygens (including phenoxy) is 2. The van der Waals surface area contributed by atoms with Crippen LogP contribution in [0.15, 0.2) is 16.7 Å². The Bertz CT molecular complexity index is 722. The summed E-state index contributed by atoms with van der Waals surface area (Å²) in [5, 5.41) is 0.899. The van der Waals surface area contributed by atoms with Crippen molar-refractivity contribution >= 4 is 40.7 Å². The molecule has 0 aliphatic rings. The number of fused-ring (bicyclic) bond motifs is 1. The monoisotopic (exact) mass is 398 g/mol. The SMILES string of the molecule is COc1ncc(Br)c2cc(C(C)=O)n(COCC[Si](C)(C)C)c12. The van der Waals surface area contributed by atoms with Gasteiger partial charge in [0.15, 0.2) is 5.78 Å². The van der Waals surface area contributed by atoms with Crippen LogP contribution in [0.2, 0.25) is 25.7 Å². The summed E-state index contributed by atoms with van der Waals surface area (Å²) in [4.78, 5) is 16.3. The van der Waals surface area contributed by atoms with Gasteiger partial charge in [0.25, 0.3) is 0 Å². The van der Waals surface area contributed by atoms with E-state index < -0.39 is 8.07 Å². The highest BCUT2D eigenvalue weighted by Gasteiger charge is 2.19. The molecule has 0 amide bonds. The first kappa shape index (κ1) is 18.2. The molecule has 0 aromatic carbocycles. The number of hydrogen-bond donors (Lipinski definition) is 0. The molecule has 0 saturated heterocycles. The van der Waals surface area contributed by atoms with Crippen molar-refractivity contribution in [2.75, 3.05) is 13.7 Å². The molecule has 0 spiro atoms. The van der Waals surface area contributed by atoms with Gasteiger partial charge < -0.3 is 14.0 Å². The van der Waals surface area contributed by atoms with E-state index in [-0.39, 0.29) is 5.78 Å². The Morgan fingerprint density at radius 2 is 2.09 bits per heavy atom. The van der Waals surface area contributed by atoms with E-state index in [0.29, 0.717) is 24.9 Å². The minimum absolute atomic E-state index is 0.0102. The van der Waals surface area contributed by atoms with Gasteiger partial charge in [-0.1, -0.05) is 19.6 Å². The minimum atomic E-state index is -1.14. The first-order valence-corrected chi connectivity index (χ1v) is 12.0. The molecule has 0 saturated carbocycles. The second kappa shape index (κ2) is 7.15. The molecular formula is C16H23BrN2O3Si. The van der Waals surface area contributed by atoms with Crippen LogP contribution in [-0.4, -0.2) is 37.1 Å². The maximum atomic E-state index is 12.0. The summed E-state index contributed by atoms with van der Waals surface area (Å²) in [5.74, 6) is 0.480. The molecule has 7 heteroatoms. The van der Waals surface area contributed by atoms with Crippen LogP contribution in [0.4, 0.5) is 0 Å². The Morgan fingerprint density at radius 3 is 2.65 bits per heavy atom. The van der Waals surface area contributed by atoms with Crippen LogP contribution < -0.4 is 4.74 Å². The quantitative estimate of drug-likeness (QED) is 0.395. The molecule has 5 nitrogen and oxygen atoms in total. The fourth-order valence-corrected chi connectivity index (χ4v) is 3.48. The van der Waals surface area contributed by atoms with Crippen molar-refractivity contribution in [1.82, 2.24) is 9.55 Å². The van der Waals surface area contributed by atoms with E-state index in [0.717, 1.165) is 21.4 Å². The predicted octanol–water partition coefficient (Wildman–Crippen LogP) is 4.32. The van der Waals surface area contributed by atoms with Crippen LogP contribution in [0.5, 0.6) is 5.88 Å². The molecule has 0 aliphatic heterocycles. The fraction of sp³-hybridized carbons (Fsp3) is 0.500. The summed E-state index contributed by atoms with van der Waals surface area (Å²) in [6, 6.07) is 2.94. The van der Waals surface area contributed by atoms with Crippen molar-refractivity contribution in [2.24, 2.45) is 0 Å². The lowest BCUT2D eigenvalue weighted by molar-refractivity contribution is 0.0833. The molecule has 0 N–H and O–H groups in total. The van der Waals surface area contributed by atoms with E-state index in [2.05, 4.69) is 40.6 Å². The van der Waals surface area contributed by atoms with E-state index in [4.69, 9.17) is 9.47 Å². The molecule has 0 unspecified atom stereocenters. The first-order chi connectivity index (χ1) is 10.7. The highest BCUT2D eigenvalue weighted by molar-refractivity contribution is 9.10. The molecule has 0 radical (unpaired) electrons. The molecule has 0 bridgehead atoms. The van der Waals surface area contributed by atoms with Gasteiger partial charge in [0.05, 0.1) is 12.8 Å². The van der Waals surface area contributed by atoms with Crippen molar-refractivity contribution in [3.8, 4) is 5.88 Å². The molecule has 0 fully saturated rings. The normalized spacial score (nSPS) is 11.9. The van der Waals surface area contributed by atoms with E-state index in [1.54, 1.807) is 20.2 Å². The molecule has 2 aromatic heterocycles. The zero-order valence-corrected chi connectivity index (χ0v) is 16.9. The number of carbonyl (C=O) groups excluding carboxylic acids is 1. The number of halogens is 1. The molecule has 2 aromatic rings. The molecule has 23 heavy (non-hydrogen) atoms. The zero-order valence-electron chi connectivity index (χ0n) is 14.3. The number of ketones is 1. The van der Waals surface area contributed by atoms with Crippen molar-refractivity contribution < 1.29 is 14.3 Å². The zero-order chi connectivity index (χ0) is 17.2. The average Bonchev–Trinajstić information content (AvgIpc) is 2.84. The van der Waals surface area contributed by atoms with E-state index >= 15 is 0 Å². The van der Waals surface area contributed by atoms with Gasteiger partial charge in [0, 0.05) is 37.7 Å². The standard InChI is InChI=1S/C16H23BrN2O3Si/c1-11(20)14-8-12-13(17)9-18-16(21-2)15(12)19(14)10-22-6-7-23(3,4)5/h8-9H,6-7,10H2,1-5H3. The maximum Gasteiger partial charge on any atom is 0.238 e. The predicted molar refractivity (Wildman–Crippen MR) is 98.1 cm³/mol. The number of nitrogens with zero attached hydrogens (tertiary/aromatic N) is 2. The van der Waals surface area contributed by atoms with Gasteiger partial charge >= 0.3 is 0 Å². The first-order valence-electron chi connectivity index (χ1n) is 7.55. The second-order valence-electron chi connectivity index (χ2n) is 6.74. The van der Waals surface area contributed by atoms with Gasteiger partial charge in [-0.15, -0.1) is 0 Å². The fourth-order valence-electron chi connectivity index (χ4n) is 2.32. The summed E-state index contributed by atoms with van der Waals surface area (Å²) < 4.78 is 13.9. The van der Waals surface area contributed by atoms with Crippen LogP contribution in [0.1, 0.15) is 17.4 Å². The number of carbonyl (C=O) groups is 1. The van der Waals surface area contributed by atoms with Gasteiger partial charge in [-0.3, -0.25) is 4.79 Å². The molecule has 126 valence electrons. The third-order valence-corrected chi connectivity index (χ3v) is 5.96. The van der Waals surface area contributed by atoms with Crippen molar-refractivity contribution in [3.05, 3.63) is 22.4 Å². The summed E-state index contributed by atoms with van der Waals surface area (Å²) >= 11 is 3.49. The number of pyridine rings is 1. The van der Waals surface area contributed by atoms with Gasteiger partial charge in [-0.25, -0.2) is 4.98 Å². The Kier molecular flexibility index (Phi) is 5.64. The number of aromatic nitrogens is 2. The van der Waals surface area contributed by atoms with Crippen molar-refractivity contribution in [2.45, 2.75) is 39.3 Å².